The van der Waals surface area contributed by atoms with Crippen molar-refractivity contribution >= 4 is 12.0 Å². The molecule has 0 spiro atoms. The fourth-order valence-corrected chi connectivity index (χ4v) is 2.66. The van der Waals surface area contributed by atoms with Crippen LogP contribution in [0, 0.1) is 0 Å². The standard InChI is InChI=1S/C18H18N2O3/c1-12-16(17(21)19-12)20(2)18(22)23-15-10-8-14(9-11-15)13-6-4-3-5-7-13/h3-12,16H,1-2H3,(H,19,21)/t12-,16+/m0/s1. The monoisotopic (exact) mass is 310 g/mol. The maximum atomic E-state index is 12.1. The summed E-state index contributed by atoms with van der Waals surface area (Å²) in [6.07, 6.45) is -0.538. The van der Waals surface area contributed by atoms with Crippen LogP contribution in [-0.4, -0.2) is 36.0 Å². The number of likely N-dealkylation sites (N-methyl/N-ethyl adjacent to an activating group) is 1. The van der Waals surface area contributed by atoms with Gasteiger partial charge in [-0.15, -0.1) is 0 Å². The van der Waals surface area contributed by atoms with Crippen molar-refractivity contribution < 1.29 is 14.3 Å². The zero-order valence-corrected chi connectivity index (χ0v) is 13.0. The third kappa shape index (κ3) is 3.04. The number of benzene rings is 2. The number of β-lactam (4-membered cyclic amide) rings is 1. The van der Waals surface area contributed by atoms with E-state index in [2.05, 4.69) is 5.32 Å². The molecule has 2 aromatic carbocycles. The molecule has 1 N–H and O–H groups in total. The summed E-state index contributed by atoms with van der Waals surface area (Å²) in [6, 6.07) is 16.7. The molecular weight excluding hydrogens is 292 g/mol. The van der Waals surface area contributed by atoms with E-state index in [1.165, 1.54) is 4.90 Å². The van der Waals surface area contributed by atoms with Gasteiger partial charge in [-0.25, -0.2) is 4.79 Å². The lowest BCUT2D eigenvalue weighted by Crippen LogP contribution is -2.68. The SMILES string of the molecule is C[C@@H]1NC(=O)[C@@H]1N(C)C(=O)Oc1ccc(-c2ccccc2)cc1. The Labute approximate surface area is 134 Å². The molecular formula is C18H18N2O3. The second kappa shape index (κ2) is 6.12. The van der Waals surface area contributed by atoms with Gasteiger partial charge in [0.1, 0.15) is 11.8 Å². The molecule has 5 nitrogen and oxygen atoms in total. The lowest BCUT2D eigenvalue weighted by molar-refractivity contribution is -0.134. The minimum Gasteiger partial charge on any atom is -0.410 e. The zero-order valence-electron chi connectivity index (χ0n) is 13.0. The van der Waals surface area contributed by atoms with Gasteiger partial charge in [0.05, 0.1) is 6.04 Å². The Morgan fingerprint density at radius 1 is 1.04 bits per heavy atom. The largest absolute Gasteiger partial charge is 0.415 e. The molecule has 0 aromatic heterocycles. The van der Waals surface area contributed by atoms with Gasteiger partial charge in [0.2, 0.25) is 5.91 Å². The van der Waals surface area contributed by atoms with Crippen molar-refractivity contribution in [2.45, 2.75) is 19.0 Å². The normalized spacial score (nSPS) is 19.5. The van der Waals surface area contributed by atoms with Crippen LogP contribution in [0.2, 0.25) is 0 Å². The van der Waals surface area contributed by atoms with Gasteiger partial charge in [-0.2, -0.15) is 0 Å². The highest BCUT2D eigenvalue weighted by atomic mass is 16.6. The molecule has 2 atom stereocenters. The molecule has 2 amide bonds. The third-order valence-corrected chi connectivity index (χ3v) is 3.98. The Morgan fingerprint density at radius 3 is 2.22 bits per heavy atom. The summed E-state index contributed by atoms with van der Waals surface area (Å²) in [5, 5.41) is 2.69. The first-order valence-electron chi connectivity index (χ1n) is 7.47. The second-order valence-corrected chi connectivity index (χ2v) is 5.61. The molecule has 5 heteroatoms. The van der Waals surface area contributed by atoms with Crippen LogP contribution in [0.5, 0.6) is 5.75 Å². The molecule has 1 saturated heterocycles. The van der Waals surface area contributed by atoms with Gasteiger partial charge in [0.15, 0.2) is 0 Å². The molecule has 1 aliphatic heterocycles. The molecule has 0 saturated carbocycles. The van der Waals surface area contributed by atoms with Gasteiger partial charge in [-0.1, -0.05) is 42.5 Å². The predicted molar refractivity (Wildman–Crippen MR) is 87.1 cm³/mol. The van der Waals surface area contributed by atoms with E-state index in [4.69, 9.17) is 4.74 Å². The van der Waals surface area contributed by atoms with Crippen LogP contribution < -0.4 is 10.1 Å². The minimum absolute atomic E-state index is 0.0551. The zero-order chi connectivity index (χ0) is 16.4. The average Bonchev–Trinajstić information content (AvgIpc) is 2.56. The van der Waals surface area contributed by atoms with Gasteiger partial charge in [0, 0.05) is 7.05 Å². The van der Waals surface area contributed by atoms with Crippen LogP contribution in [0.4, 0.5) is 4.79 Å². The van der Waals surface area contributed by atoms with E-state index >= 15 is 0 Å². The first kappa shape index (κ1) is 15.1. The van der Waals surface area contributed by atoms with Crippen molar-refractivity contribution in [2.75, 3.05) is 7.05 Å². The Kier molecular flexibility index (Phi) is 4.02. The van der Waals surface area contributed by atoms with Crippen molar-refractivity contribution in [3.05, 3.63) is 54.6 Å². The Bertz CT molecular complexity index is 713. The van der Waals surface area contributed by atoms with Crippen molar-refractivity contribution in [3.8, 4) is 16.9 Å². The van der Waals surface area contributed by atoms with E-state index in [0.29, 0.717) is 5.75 Å². The number of nitrogens with zero attached hydrogens (tertiary/aromatic N) is 1. The average molecular weight is 310 g/mol. The van der Waals surface area contributed by atoms with Crippen LogP contribution in [-0.2, 0) is 4.79 Å². The van der Waals surface area contributed by atoms with Gasteiger partial charge >= 0.3 is 6.09 Å². The molecule has 1 fully saturated rings. The maximum Gasteiger partial charge on any atom is 0.415 e. The van der Waals surface area contributed by atoms with E-state index in [-0.39, 0.29) is 11.9 Å². The quantitative estimate of drug-likeness (QED) is 0.887. The van der Waals surface area contributed by atoms with Crippen molar-refractivity contribution in [3.63, 3.8) is 0 Å². The van der Waals surface area contributed by atoms with E-state index in [1.807, 2.05) is 49.4 Å². The predicted octanol–water partition coefficient (Wildman–Crippen LogP) is 2.67. The number of carbonyl (C=O) groups excluding carboxylic acids is 2. The summed E-state index contributed by atoms with van der Waals surface area (Å²) in [5.74, 6) is 0.297. The lowest BCUT2D eigenvalue weighted by Gasteiger charge is -2.39. The second-order valence-electron chi connectivity index (χ2n) is 5.61. The molecule has 0 aliphatic carbocycles. The fourth-order valence-electron chi connectivity index (χ4n) is 2.66. The Hall–Kier alpha value is -2.82. The minimum atomic E-state index is -0.538. The lowest BCUT2D eigenvalue weighted by atomic mass is 10.0. The van der Waals surface area contributed by atoms with E-state index in [0.717, 1.165) is 11.1 Å². The van der Waals surface area contributed by atoms with Gasteiger partial charge in [0.25, 0.3) is 0 Å². The number of rotatable bonds is 3. The summed E-state index contributed by atoms with van der Waals surface area (Å²) < 4.78 is 5.33. The maximum absolute atomic E-state index is 12.1. The Balaban J connectivity index is 1.66. The van der Waals surface area contributed by atoms with Crippen LogP contribution >= 0.6 is 0 Å². The molecule has 118 valence electrons. The van der Waals surface area contributed by atoms with Crippen LogP contribution in [0.3, 0.4) is 0 Å². The van der Waals surface area contributed by atoms with Crippen molar-refractivity contribution in [1.82, 2.24) is 10.2 Å². The van der Waals surface area contributed by atoms with E-state index in [1.54, 1.807) is 19.2 Å². The molecule has 1 heterocycles. The Morgan fingerprint density at radius 2 is 1.65 bits per heavy atom. The summed E-state index contributed by atoms with van der Waals surface area (Å²) in [4.78, 5) is 24.9. The number of hydrogen-bond donors (Lipinski definition) is 1. The molecule has 23 heavy (non-hydrogen) atoms. The smallest absolute Gasteiger partial charge is 0.410 e. The summed E-state index contributed by atoms with van der Waals surface area (Å²) >= 11 is 0. The van der Waals surface area contributed by atoms with E-state index < -0.39 is 12.1 Å². The first-order chi connectivity index (χ1) is 11.1. The summed E-state index contributed by atoms with van der Waals surface area (Å²) in [7, 11) is 1.57. The number of hydrogen-bond acceptors (Lipinski definition) is 3. The number of nitrogens with one attached hydrogen (secondary N) is 1. The van der Waals surface area contributed by atoms with Gasteiger partial charge in [-0.05, 0) is 30.2 Å². The highest BCUT2D eigenvalue weighted by molar-refractivity contribution is 5.92. The summed E-state index contributed by atoms with van der Waals surface area (Å²) in [5.41, 5.74) is 2.15. The van der Waals surface area contributed by atoms with Crippen LogP contribution in [0.1, 0.15) is 6.92 Å². The summed E-state index contributed by atoms with van der Waals surface area (Å²) in [6.45, 7) is 1.85. The number of ether oxygens (including phenoxy) is 1. The molecule has 0 radical (unpaired) electrons. The highest BCUT2D eigenvalue weighted by Crippen LogP contribution is 2.23. The van der Waals surface area contributed by atoms with Crippen LogP contribution in [0.25, 0.3) is 11.1 Å². The van der Waals surface area contributed by atoms with Gasteiger partial charge < -0.3 is 10.1 Å². The third-order valence-electron chi connectivity index (χ3n) is 3.98. The number of amides is 2. The molecule has 2 aromatic rings. The van der Waals surface area contributed by atoms with Gasteiger partial charge in [-0.3, -0.25) is 9.69 Å². The molecule has 3 rings (SSSR count). The molecule has 0 bridgehead atoms. The highest BCUT2D eigenvalue weighted by Gasteiger charge is 2.41. The fraction of sp³-hybridized carbons (Fsp3) is 0.222. The molecule has 1 aliphatic rings. The van der Waals surface area contributed by atoms with Crippen molar-refractivity contribution in [2.24, 2.45) is 0 Å². The topological polar surface area (TPSA) is 58.6 Å². The number of carbonyl (C=O) groups is 2. The van der Waals surface area contributed by atoms with E-state index in [9.17, 15) is 9.59 Å². The first-order valence-corrected chi connectivity index (χ1v) is 7.47. The van der Waals surface area contributed by atoms with Crippen molar-refractivity contribution in [1.29, 1.82) is 0 Å². The molecule has 0 unspecified atom stereocenters. The van der Waals surface area contributed by atoms with Crippen LogP contribution in [0.15, 0.2) is 54.6 Å².